The van der Waals surface area contributed by atoms with Gasteiger partial charge in [0.1, 0.15) is 0 Å². The van der Waals surface area contributed by atoms with Gasteiger partial charge in [-0.05, 0) is 35.7 Å². The summed E-state index contributed by atoms with van der Waals surface area (Å²) >= 11 is 0. The molecule has 0 spiro atoms. The van der Waals surface area contributed by atoms with E-state index in [1.54, 1.807) is 12.1 Å². The molecule has 3 N–H and O–H groups in total. The van der Waals surface area contributed by atoms with Crippen LogP contribution in [0.5, 0.6) is 0 Å². The number of amides is 2. The quantitative estimate of drug-likeness (QED) is 0.756. The van der Waals surface area contributed by atoms with E-state index in [9.17, 15) is 14.4 Å². The van der Waals surface area contributed by atoms with Gasteiger partial charge in [0, 0.05) is 11.3 Å². The second kappa shape index (κ2) is 8.63. The number of carbonyl (C=O) groups excluding carboxylic acids is 3. The zero-order chi connectivity index (χ0) is 18.2. The molecule has 2 aromatic rings. The van der Waals surface area contributed by atoms with Crippen molar-refractivity contribution in [3.8, 4) is 0 Å². The van der Waals surface area contributed by atoms with E-state index < -0.39 is 17.8 Å². The van der Waals surface area contributed by atoms with Crippen LogP contribution in [0.3, 0.4) is 0 Å². The van der Waals surface area contributed by atoms with Crippen molar-refractivity contribution in [2.24, 2.45) is 5.73 Å². The lowest BCUT2D eigenvalue weighted by Gasteiger charge is -2.11. The Labute approximate surface area is 146 Å². The first kappa shape index (κ1) is 18.2. The van der Waals surface area contributed by atoms with Crippen LogP contribution in [0.25, 0.3) is 0 Å². The van der Waals surface area contributed by atoms with E-state index in [0.717, 1.165) is 5.56 Å². The van der Waals surface area contributed by atoms with Crippen LogP contribution in [0, 0.1) is 0 Å². The summed E-state index contributed by atoms with van der Waals surface area (Å²) in [7, 11) is 0. The number of hydrogen-bond acceptors (Lipinski definition) is 4. The van der Waals surface area contributed by atoms with E-state index in [4.69, 9.17) is 10.5 Å². The largest absolute Gasteiger partial charge is 0.456 e. The molecule has 2 rings (SSSR count). The predicted molar refractivity (Wildman–Crippen MR) is 94.0 cm³/mol. The lowest BCUT2D eigenvalue weighted by molar-refractivity contribution is -0.147. The van der Waals surface area contributed by atoms with Crippen LogP contribution < -0.4 is 11.1 Å². The molecule has 0 heterocycles. The first-order valence-electron chi connectivity index (χ1n) is 7.86. The van der Waals surface area contributed by atoms with Gasteiger partial charge >= 0.3 is 5.97 Å². The highest BCUT2D eigenvalue weighted by Gasteiger charge is 2.14. The van der Waals surface area contributed by atoms with Crippen molar-refractivity contribution in [1.82, 2.24) is 0 Å². The second-order valence-corrected chi connectivity index (χ2v) is 5.67. The minimum absolute atomic E-state index is 0.0121. The molecule has 1 unspecified atom stereocenters. The van der Waals surface area contributed by atoms with Gasteiger partial charge in [-0.3, -0.25) is 14.4 Å². The molecule has 6 nitrogen and oxygen atoms in total. The predicted octanol–water partition coefficient (Wildman–Crippen LogP) is 2.46. The summed E-state index contributed by atoms with van der Waals surface area (Å²) in [5, 5.41) is 2.58. The van der Waals surface area contributed by atoms with Crippen molar-refractivity contribution in [3.63, 3.8) is 0 Å². The maximum atomic E-state index is 11.8. The van der Waals surface area contributed by atoms with E-state index in [0.29, 0.717) is 11.3 Å². The summed E-state index contributed by atoms with van der Waals surface area (Å²) in [6.07, 6.45) is 0.199. The average Bonchev–Trinajstić information content (AvgIpc) is 2.61. The fraction of sp³-hybridized carbons (Fsp3) is 0.211. The molecule has 2 aromatic carbocycles. The summed E-state index contributed by atoms with van der Waals surface area (Å²) < 4.78 is 5.01. The molecule has 0 bridgehead atoms. The van der Waals surface area contributed by atoms with Gasteiger partial charge in [0.2, 0.25) is 5.91 Å². The molecule has 0 aromatic heterocycles. The SMILES string of the molecule is CC(CC(=O)OCC(=O)Nc1ccc(C(N)=O)cc1)c1ccccc1. The zero-order valence-electron chi connectivity index (χ0n) is 13.9. The molecule has 0 saturated heterocycles. The van der Waals surface area contributed by atoms with Gasteiger partial charge in [-0.1, -0.05) is 37.3 Å². The molecule has 130 valence electrons. The third-order valence-corrected chi connectivity index (χ3v) is 3.66. The van der Waals surface area contributed by atoms with Crippen LogP contribution in [0.2, 0.25) is 0 Å². The first-order chi connectivity index (χ1) is 12.0. The number of nitrogens with two attached hydrogens (primary N) is 1. The third kappa shape index (κ3) is 5.76. The van der Waals surface area contributed by atoms with Crippen LogP contribution in [-0.2, 0) is 14.3 Å². The first-order valence-corrected chi connectivity index (χ1v) is 7.86. The maximum Gasteiger partial charge on any atom is 0.306 e. The van der Waals surface area contributed by atoms with E-state index in [1.807, 2.05) is 37.3 Å². The smallest absolute Gasteiger partial charge is 0.306 e. The van der Waals surface area contributed by atoms with Crippen LogP contribution in [-0.4, -0.2) is 24.4 Å². The number of benzene rings is 2. The van der Waals surface area contributed by atoms with E-state index >= 15 is 0 Å². The van der Waals surface area contributed by atoms with Crippen LogP contribution in [0.4, 0.5) is 5.69 Å². The van der Waals surface area contributed by atoms with Crippen molar-refractivity contribution in [2.75, 3.05) is 11.9 Å². The van der Waals surface area contributed by atoms with Gasteiger partial charge in [0.05, 0.1) is 6.42 Å². The lowest BCUT2D eigenvalue weighted by atomic mass is 9.98. The Hall–Kier alpha value is -3.15. The molecule has 0 radical (unpaired) electrons. The third-order valence-electron chi connectivity index (χ3n) is 3.66. The molecular formula is C19H20N2O4. The molecule has 0 aliphatic carbocycles. The van der Waals surface area contributed by atoms with Gasteiger partial charge in [-0.15, -0.1) is 0 Å². The van der Waals surface area contributed by atoms with Crippen molar-refractivity contribution in [2.45, 2.75) is 19.3 Å². The van der Waals surface area contributed by atoms with Gasteiger partial charge in [-0.25, -0.2) is 0 Å². The number of anilines is 1. The standard InChI is InChI=1S/C19H20N2O4/c1-13(14-5-3-2-4-6-14)11-18(23)25-12-17(22)21-16-9-7-15(8-10-16)19(20)24/h2-10,13H,11-12H2,1H3,(H2,20,24)(H,21,22). The second-order valence-electron chi connectivity index (χ2n) is 5.67. The van der Waals surface area contributed by atoms with Gasteiger partial charge < -0.3 is 15.8 Å². The van der Waals surface area contributed by atoms with Gasteiger partial charge in [0.15, 0.2) is 6.61 Å². The molecular weight excluding hydrogens is 320 g/mol. The van der Waals surface area contributed by atoms with Crippen molar-refractivity contribution < 1.29 is 19.1 Å². The Balaban J connectivity index is 1.77. The molecule has 1 atom stereocenters. The van der Waals surface area contributed by atoms with E-state index in [2.05, 4.69) is 5.32 Å². The Kier molecular flexibility index (Phi) is 6.28. The fourth-order valence-electron chi connectivity index (χ4n) is 2.27. The molecule has 6 heteroatoms. The minimum atomic E-state index is -0.542. The van der Waals surface area contributed by atoms with Crippen molar-refractivity contribution in [1.29, 1.82) is 0 Å². The minimum Gasteiger partial charge on any atom is -0.456 e. The topological polar surface area (TPSA) is 98.5 Å². The number of carbonyl (C=O) groups is 3. The van der Waals surface area contributed by atoms with Crippen LogP contribution in [0.1, 0.15) is 35.2 Å². The molecule has 0 fully saturated rings. The molecule has 0 aliphatic heterocycles. The monoisotopic (exact) mass is 340 g/mol. The van der Waals surface area contributed by atoms with E-state index in [1.165, 1.54) is 12.1 Å². The summed E-state index contributed by atoms with van der Waals surface area (Å²) in [6.45, 7) is 1.56. The number of nitrogens with one attached hydrogen (secondary N) is 1. The highest BCUT2D eigenvalue weighted by molar-refractivity contribution is 5.95. The maximum absolute atomic E-state index is 11.8. The highest BCUT2D eigenvalue weighted by Crippen LogP contribution is 2.18. The Morgan fingerprint density at radius 1 is 1.04 bits per heavy atom. The summed E-state index contributed by atoms with van der Waals surface area (Å²) in [5.41, 5.74) is 7.02. The number of esters is 1. The molecule has 0 aliphatic rings. The van der Waals surface area contributed by atoms with E-state index in [-0.39, 0.29) is 18.9 Å². The van der Waals surface area contributed by atoms with Crippen molar-refractivity contribution >= 4 is 23.5 Å². The lowest BCUT2D eigenvalue weighted by Crippen LogP contribution is -2.21. The number of hydrogen-bond donors (Lipinski definition) is 2. The van der Waals surface area contributed by atoms with Crippen LogP contribution in [0.15, 0.2) is 54.6 Å². The fourth-order valence-corrected chi connectivity index (χ4v) is 2.27. The summed E-state index contributed by atoms with van der Waals surface area (Å²) in [6, 6.07) is 15.7. The molecule has 0 saturated carbocycles. The Morgan fingerprint density at radius 3 is 2.28 bits per heavy atom. The number of primary amides is 1. The number of rotatable bonds is 7. The highest BCUT2D eigenvalue weighted by atomic mass is 16.5. The van der Waals surface area contributed by atoms with Crippen LogP contribution >= 0.6 is 0 Å². The summed E-state index contributed by atoms with van der Waals surface area (Å²) in [4.78, 5) is 34.6. The van der Waals surface area contributed by atoms with Gasteiger partial charge in [0.25, 0.3) is 5.91 Å². The zero-order valence-corrected chi connectivity index (χ0v) is 13.9. The Bertz CT molecular complexity index is 742. The number of ether oxygens (including phenoxy) is 1. The average molecular weight is 340 g/mol. The Morgan fingerprint density at radius 2 is 1.68 bits per heavy atom. The van der Waals surface area contributed by atoms with Crippen molar-refractivity contribution in [3.05, 3.63) is 65.7 Å². The normalized spacial score (nSPS) is 11.4. The molecule has 25 heavy (non-hydrogen) atoms. The summed E-state index contributed by atoms with van der Waals surface area (Å²) in [5.74, 6) is -1.42. The molecule has 2 amide bonds. The van der Waals surface area contributed by atoms with Gasteiger partial charge in [-0.2, -0.15) is 0 Å².